The Morgan fingerprint density at radius 1 is 0.875 bits per heavy atom. The van der Waals surface area contributed by atoms with Crippen molar-refractivity contribution in [3.05, 3.63) is 48.5 Å². The van der Waals surface area contributed by atoms with E-state index in [-0.39, 0.29) is 16.3 Å². The first-order valence-electron chi connectivity index (χ1n) is 10.5. The highest BCUT2D eigenvalue weighted by molar-refractivity contribution is 7.92. The number of para-hydroxylation sites is 2. The van der Waals surface area contributed by atoms with E-state index in [2.05, 4.69) is 4.72 Å². The lowest BCUT2D eigenvalue weighted by atomic mass is 9.86. The number of hydrogen-bond donors (Lipinski definition) is 1. The molecule has 1 saturated carbocycles. The minimum absolute atomic E-state index is 0.00214. The van der Waals surface area contributed by atoms with Crippen molar-refractivity contribution in [3.63, 3.8) is 0 Å². The maximum absolute atomic E-state index is 15.2. The number of nitrogens with one attached hydrogen (secondary N) is 1. The predicted octanol–water partition coefficient (Wildman–Crippen LogP) is 3.85. The lowest BCUT2D eigenvalue weighted by molar-refractivity contribution is 0.115. The second-order valence-electron chi connectivity index (χ2n) is 8.45. The van der Waals surface area contributed by atoms with Gasteiger partial charge in [-0.25, -0.2) is 25.5 Å². The second kappa shape index (κ2) is 9.36. The van der Waals surface area contributed by atoms with Crippen molar-refractivity contribution in [3.8, 4) is 0 Å². The van der Waals surface area contributed by atoms with E-state index in [1.165, 1.54) is 38.4 Å². The Morgan fingerprint density at radius 3 is 2.03 bits per heavy atom. The highest BCUT2D eigenvalue weighted by Gasteiger charge is 2.33. The summed E-state index contributed by atoms with van der Waals surface area (Å²) in [6.45, 7) is 0.183. The molecular weight excluding hydrogens is 453 g/mol. The minimum atomic E-state index is -3.98. The van der Waals surface area contributed by atoms with E-state index in [4.69, 9.17) is 0 Å². The molecule has 7 nitrogen and oxygen atoms in total. The van der Waals surface area contributed by atoms with E-state index in [1.807, 2.05) is 0 Å². The molecule has 3 rings (SSSR count). The van der Waals surface area contributed by atoms with E-state index < -0.39 is 25.7 Å². The molecule has 0 aromatic heterocycles. The van der Waals surface area contributed by atoms with Gasteiger partial charge in [-0.05, 0) is 49.2 Å². The van der Waals surface area contributed by atoms with Crippen molar-refractivity contribution in [1.29, 1.82) is 0 Å². The van der Waals surface area contributed by atoms with Crippen molar-refractivity contribution < 1.29 is 21.2 Å². The zero-order valence-electron chi connectivity index (χ0n) is 18.6. The van der Waals surface area contributed by atoms with Gasteiger partial charge in [-0.15, -0.1) is 0 Å². The largest absolute Gasteiger partial charge is 0.370 e. The zero-order valence-corrected chi connectivity index (χ0v) is 20.2. The first kappa shape index (κ1) is 24.5. The van der Waals surface area contributed by atoms with E-state index in [1.54, 1.807) is 36.2 Å². The zero-order chi connectivity index (χ0) is 23.6. The number of halogens is 1. The van der Waals surface area contributed by atoms with Gasteiger partial charge in [0.25, 0.3) is 10.0 Å². The van der Waals surface area contributed by atoms with Crippen LogP contribution in [0.15, 0.2) is 58.3 Å². The number of hydrogen-bond acceptors (Lipinski definition) is 5. The van der Waals surface area contributed by atoms with Gasteiger partial charge >= 0.3 is 0 Å². The van der Waals surface area contributed by atoms with E-state index in [9.17, 15) is 16.8 Å². The normalized spacial score (nSPS) is 16.7. The van der Waals surface area contributed by atoms with Gasteiger partial charge in [0.1, 0.15) is 5.67 Å². The second-order valence-corrected chi connectivity index (χ2v) is 12.3. The number of alkyl halides is 1. The van der Waals surface area contributed by atoms with Crippen LogP contribution in [0.5, 0.6) is 0 Å². The van der Waals surface area contributed by atoms with Crippen molar-refractivity contribution in [2.45, 2.75) is 47.6 Å². The van der Waals surface area contributed by atoms with Crippen LogP contribution in [0.1, 0.15) is 32.1 Å². The van der Waals surface area contributed by atoms with Crippen molar-refractivity contribution in [1.82, 2.24) is 4.31 Å². The summed E-state index contributed by atoms with van der Waals surface area (Å²) in [5.41, 5.74) is -0.378. The fourth-order valence-electron chi connectivity index (χ4n) is 3.95. The van der Waals surface area contributed by atoms with Gasteiger partial charge in [-0.1, -0.05) is 31.4 Å². The Hall–Kier alpha value is -2.17. The summed E-state index contributed by atoms with van der Waals surface area (Å²) in [5.74, 6) is 0. The molecule has 0 spiro atoms. The number of anilines is 2. The smallest absolute Gasteiger partial charge is 0.261 e. The molecule has 32 heavy (non-hydrogen) atoms. The van der Waals surface area contributed by atoms with Crippen LogP contribution in [-0.4, -0.2) is 54.5 Å². The number of nitrogens with zero attached hydrogens (tertiary/aromatic N) is 2. The average Bonchev–Trinajstić information content (AvgIpc) is 2.74. The molecule has 0 bridgehead atoms. The molecule has 0 radical (unpaired) electrons. The first-order valence-corrected chi connectivity index (χ1v) is 13.4. The molecular formula is C22H30FN3O4S2. The molecule has 176 valence electrons. The van der Waals surface area contributed by atoms with Gasteiger partial charge in [-0.3, -0.25) is 4.72 Å². The summed E-state index contributed by atoms with van der Waals surface area (Å²) in [5, 5.41) is 0. The van der Waals surface area contributed by atoms with Crippen LogP contribution in [0, 0.1) is 0 Å². The fourth-order valence-corrected chi connectivity index (χ4v) is 5.93. The molecule has 0 heterocycles. The Balaban J connectivity index is 1.82. The van der Waals surface area contributed by atoms with E-state index in [0.29, 0.717) is 24.2 Å². The van der Waals surface area contributed by atoms with Crippen LogP contribution in [-0.2, 0) is 20.0 Å². The topological polar surface area (TPSA) is 86.8 Å². The summed E-state index contributed by atoms with van der Waals surface area (Å²) in [6.07, 6.45) is 3.78. The number of benzene rings is 2. The van der Waals surface area contributed by atoms with Crippen LogP contribution in [0.4, 0.5) is 15.8 Å². The third-order valence-electron chi connectivity index (χ3n) is 5.74. The van der Waals surface area contributed by atoms with Gasteiger partial charge in [0.15, 0.2) is 0 Å². The molecule has 0 aliphatic heterocycles. The highest BCUT2D eigenvalue weighted by atomic mass is 32.2. The number of rotatable bonds is 8. The van der Waals surface area contributed by atoms with Crippen molar-refractivity contribution in [2.75, 3.05) is 37.3 Å². The van der Waals surface area contributed by atoms with Gasteiger partial charge in [0, 0.05) is 21.1 Å². The first-order chi connectivity index (χ1) is 14.9. The van der Waals surface area contributed by atoms with Gasteiger partial charge < -0.3 is 4.90 Å². The lowest BCUT2D eigenvalue weighted by Gasteiger charge is -2.34. The van der Waals surface area contributed by atoms with Gasteiger partial charge in [0.2, 0.25) is 10.0 Å². The van der Waals surface area contributed by atoms with Gasteiger partial charge in [0.05, 0.1) is 27.7 Å². The maximum atomic E-state index is 15.2. The maximum Gasteiger partial charge on any atom is 0.261 e. The third-order valence-corrected chi connectivity index (χ3v) is 8.95. The lowest BCUT2D eigenvalue weighted by Crippen LogP contribution is -2.39. The Kier molecular flexibility index (Phi) is 7.16. The summed E-state index contributed by atoms with van der Waals surface area (Å²) in [4.78, 5) is 1.68. The van der Waals surface area contributed by atoms with Crippen LogP contribution in [0.3, 0.4) is 0 Å². The standard InChI is InChI=1S/C22H30FN3O4S2/c1-25(2)32(29,30)19-13-11-18(12-14-19)31(27,28)24-20-9-5-6-10-21(20)26(3)17-22(23)15-7-4-8-16-22/h5-6,9-14,24H,4,7-8,15-17H2,1-3H3. The molecule has 0 unspecified atom stereocenters. The molecule has 10 heteroatoms. The summed E-state index contributed by atoms with van der Waals surface area (Å²) in [6, 6.07) is 11.9. The molecule has 0 amide bonds. The summed E-state index contributed by atoms with van der Waals surface area (Å²) in [7, 11) is -3.07. The minimum Gasteiger partial charge on any atom is -0.370 e. The Labute approximate surface area is 190 Å². The molecule has 1 aliphatic rings. The average molecular weight is 484 g/mol. The summed E-state index contributed by atoms with van der Waals surface area (Å²) >= 11 is 0. The molecule has 1 fully saturated rings. The molecule has 0 saturated heterocycles. The van der Waals surface area contributed by atoms with Crippen LogP contribution in [0.25, 0.3) is 0 Å². The van der Waals surface area contributed by atoms with E-state index >= 15 is 4.39 Å². The third kappa shape index (κ3) is 5.41. The Morgan fingerprint density at radius 2 is 1.44 bits per heavy atom. The van der Waals surface area contributed by atoms with Gasteiger partial charge in [-0.2, -0.15) is 0 Å². The molecule has 1 aliphatic carbocycles. The molecule has 1 N–H and O–H groups in total. The predicted molar refractivity (Wildman–Crippen MR) is 125 cm³/mol. The quantitative estimate of drug-likeness (QED) is 0.616. The Bertz CT molecular complexity index is 1140. The van der Waals surface area contributed by atoms with Crippen LogP contribution < -0.4 is 9.62 Å². The fraction of sp³-hybridized carbons (Fsp3) is 0.455. The summed E-state index contributed by atoms with van der Waals surface area (Å²) < 4.78 is 69.2. The number of sulfonamides is 2. The monoisotopic (exact) mass is 483 g/mol. The van der Waals surface area contributed by atoms with Crippen LogP contribution in [0.2, 0.25) is 0 Å². The highest BCUT2D eigenvalue weighted by Crippen LogP contribution is 2.35. The van der Waals surface area contributed by atoms with Crippen molar-refractivity contribution >= 4 is 31.4 Å². The SMILES string of the molecule is CN(CC1(F)CCCCC1)c1ccccc1NS(=O)(=O)c1ccc(S(=O)(=O)N(C)C)cc1. The van der Waals surface area contributed by atoms with Crippen molar-refractivity contribution in [2.24, 2.45) is 0 Å². The molecule has 0 atom stereocenters. The molecule has 2 aromatic rings. The van der Waals surface area contributed by atoms with Crippen LogP contribution >= 0.6 is 0 Å². The molecule has 2 aromatic carbocycles. The van der Waals surface area contributed by atoms with E-state index in [0.717, 1.165) is 23.6 Å².